The Balaban J connectivity index is 1.87. The number of nitrogens with zero attached hydrogens (tertiary/aromatic N) is 2. The third-order valence-electron chi connectivity index (χ3n) is 3.35. The Morgan fingerprint density at radius 2 is 2.15 bits per heavy atom. The van der Waals surface area contributed by atoms with E-state index in [4.69, 9.17) is 10.4 Å². The molecule has 0 aromatic carbocycles. The molecule has 0 spiro atoms. The molecule has 1 saturated heterocycles. The highest BCUT2D eigenvalue weighted by atomic mass is 19.4. The first-order valence-electron chi connectivity index (χ1n) is 6.15. The van der Waals surface area contributed by atoms with Crippen LogP contribution in [0.4, 0.5) is 13.2 Å². The van der Waals surface area contributed by atoms with Crippen LogP contribution in [0.2, 0.25) is 0 Å². The number of amides is 1. The van der Waals surface area contributed by atoms with E-state index in [0.29, 0.717) is 25.4 Å². The van der Waals surface area contributed by atoms with E-state index in [9.17, 15) is 18.0 Å². The van der Waals surface area contributed by atoms with Crippen LogP contribution in [0, 0.1) is 5.92 Å². The molecular weight excluding hydrogens is 277 g/mol. The van der Waals surface area contributed by atoms with Gasteiger partial charge >= 0.3 is 6.18 Å². The molecule has 2 heterocycles. The minimum absolute atomic E-state index is 0.0488. The molecule has 1 aliphatic heterocycles. The van der Waals surface area contributed by atoms with Crippen LogP contribution in [0.1, 0.15) is 29.1 Å². The van der Waals surface area contributed by atoms with Crippen LogP contribution in [-0.2, 0) is 6.54 Å². The zero-order valence-corrected chi connectivity index (χ0v) is 10.6. The van der Waals surface area contributed by atoms with Crippen molar-refractivity contribution in [2.24, 2.45) is 11.8 Å². The normalized spacial score (nSPS) is 18.2. The number of nitrogens with two attached hydrogens (primary N) is 1. The number of likely N-dealkylation sites (tertiary alicyclic amines) is 1. The van der Waals surface area contributed by atoms with E-state index in [0.717, 1.165) is 0 Å². The highest BCUT2D eigenvalue weighted by Gasteiger charge is 2.41. The van der Waals surface area contributed by atoms with E-state index in [2.05, 4.69) is 5.16 Å². The minimum Gasteiger partial charge on any atom is -0.359 e. The summed E-state index contributed by atoms with van der Waals surface area (Å²) in [7, 11) is 0. The molecule has 112 valence electrons. The van der Waals surface area contributed by atoms with Gasteiger partial charge in [-0.3, -0.25) is 15.1 Å². The molecule has 6 nitrogen and oxygen atoms in total. The van der Waals surface area contributed by atoms with Crippen molar-refractivity contribution in [3.8, 4) is 0 Å². The van der Waals surface area contributed by atoms with Crippen LogP contribution in [0.15, 0.2) is 10.6 Å². The zero-order chi connectivity index (χ0) is 14.8. The third-order valence-corrected chi connectivity index (χ3v) is 3.35. The third kappa shape index (κ3) is 3.48. The van der Waals surface area contributed by atoms with E-state index in [-0.39, 0.29) is 18.5 Å². The maximum Gasteiger partial charge on any atom is 0.391 e. The van der Waals surface area contributed by atoms with Crippen molar-refractivity contribution >= 4 is 5.91 Å². The van der Waals surface area contributed by atoms with Crippen LogP contribution in [0.3, 0.4) is 0 Å². The van der Waals surface area contributed by atoms with Gasteiger partial charge in [-0.05, 0) is 25.9 Å². The van der Waals surface area contributed by atoms with Crippen molar-refractivity contribution in [1.29, 1.82) is 0 Å². The number of carbonyl (C=O) groups excluding carboxylic acids is 1. The Kier molecular flexibility index (Phi) is 4.29. The average molecular weight is 292 g/mol. The van der Waals surface area contributed by atoms with Crippen molar-refractivity contribution < 1.29 is 22.5 Å². The fourth-order valence-corrected chi connectivity index (χ4v) is 2.21. The van der Waals surface area contributed by atoms with Gasteiger partial charge in [0.2, 0.25) is 0 Å². The number of aromatic nitrogens is 1. The molecule has 1 fully saturated rings. The van der Waals surface area contributed by atoms with Gasteiger partial charge in [-0.1, -0.05) is 5.16 Å². The standard InChI is InChI=1S/C11H15F3N4O2/c12-11(13,14)7-1-3-18(4-2-7)6-8-5-9(17-20-8)10(19)16-15/h5,7H,1-4,6,15H2,(H,16,19). The Labute approximate surface area is 113 Å². The molecule has 0 bridgehead atoms. The lowest BCUT2D eigenvalue weighted by molar-refractivity contribution is -0.185. The fraction of sp³-hybridized carbons (Fsp3) is 0.636. The maximum atomic E-state index is 12.5. The second-order valence-corrected chi connectivity index (χ2v) is 4.74. The number of hydrazine groups is 1. The first kappa shape index (κ1) is 14.8. The molecule has 9 heteroatoms. The lowest BCUT2D eigenvalue weighted by atomic mass is 9.96. The summed E-state index contributed by atoms with van der Waals surface area (Å²) in [5.74, 6) is 3.58. The molecular formula is C11H15F3N4O2. The first-order chi connectivity index (χ1) is 9.40. The highest BCUT2D eigenvalue weighted by Crippen LogP contribution is 2.34. The number of nitrogens with one attached hydrogen (secondary N) is 1. The fourth-order valence-electron chi connectivity index (χ4n) is 2.21. The summed E-state index contributed by atoms with van der Waals surface area (Å²) in [6, 6.07) is 1.43. The second kappa shape index (κ2) is 5.80. The number of hydrogen-bond donors (Lipinski definition) is 2. The summed E-state index contributed by atoms with van der Waals surface area (Å²) in [5.41, 5.74) is 1.97. The first-order valence-corrected chi connectivity index (χ1v) is 6.15. The average Bonchev–Trinajstić information content (AvgIpc) is 2.86. The van der Waals surface area contributed by atoms with Gasteiger partial charge in [0, 0.05) is 6.07 Å². The molecule has 1 aromatic heterocycles. The van der Waals surface area contributed by atoms with Crippen molar-refractivity contribution in [2.45, 2.75) is 25.6 Å². The monoisotopic (exact) mass is 292 g/mol. The van der Waals surface area contributed by atoms with E-state index < -0.39 is 18.0 Å². The zero-order valence-electron chi connectivity index (χ0n) is 10.6. The van der Waals surface area contributed by atoms with Gasteiger partial charge in [0.25, 0.3) is 5.91 Å². The van der Waals surface area contributed by atoms with Gasteiger partial charge in [0.15, 0.2) is 11.5 Å². The number of piperidine rings is 1. The number of alkyl halides is 3. The van der Waals surface area contributed by atoms with Crippen molar-refractivity contribution in [3.05, 3.63) is 17.5 Å². The van der Waals surface area contributed by atoms with E-state index >= 15 is 0 Å². The summed E-state index contributed by atoms with van der Waals surface area (Å²) >= 11 is 0. The molecule has 20 heavy (non-hydrogen) atoms. The molecule has 3 N–H and O–H groups in total. The summed E-state index contributed by atoms with van der Waals surface area (Å²) < 4.78 is 42.5. The van der Waals surface area contributed by atoms with Crippen LogP contribution in [-0.4, -0.2) is 35.2 Å². The molecule has 1 aromatic rings. The van der Waals surface area contributed by atoms with Gasteiger partial charge in [-0.25, -0.2) is 5.84 Å². The molecule has 0 aliphatic carbocycles. The number of rotatable bonds is 3. The summed E-state index contributed by atoms with van der Waals surface area (Å²) in [6.07, 6.45) is -3.97. The van der Waals surface area contributed by atoms with Crippen LogP contribution >= 0.6 is 0 Å². The molecule has 0 saturated carbocycles. The highest BCUT2D eigenvalue weighted by molar-refractivity contribution is 5.91. The molecule has 1 aliphatic rings. The van der Waals surface area contributed by atoms with Crippen molar-refractivity contribution in [2.75, 3.05) is 13.1 Å². The topological polar surface area (TPSA) is 84.4 Å². The van der Waals surface area contributed by atoms with E-state index in [1.165, 1.54) is 6.07 Å². The summed E-state index contributed by atoms with van der Waals surface area (Å²) in [4.78, 5) is 13.0. The van der Waals surface area contributed by atoms with Gasteiger partial charge in [0.05, 0.1) is 12.5 Å². The predicted octanol–water partition coefficient (Wildman–Crippen LogP) is 1.05. The van der Waals surface area contributed by atoms with Gasteiger partial charge in [-0.2, -0.15) is 13.2 Å². The lowest BCUT2D eigenvalue weighted by Gasteiger charge is -2.32. The number of nitrogen functional groups attached to an aromatic ring is 1. The lowest BCUT2D eigenvalue weighted by Crippen LogP contribution is -2.38. The van der Waals surface area contributed by atoms with Crippen LogP contribution in [0.25, 0.3) is 0 Å². The molecule has 0 atom stereocenters. The van der Waals surface area contributed by atoms with Gasteiger partial charge < -0.3 is 4.52 Å². The Morgan fingerprint density at radius 1 is 1.50 bits per heavy atom. The largest absolute Gasteiger partial charge is 0.391 e. The summed E-state index contributed by atoms with van der Waals surface area (Å²) in [6.45, 7) is 1.00. The number of carbonyl (C=O) groups is 1. The van der Waals surface area contributed by atoms with Crippen LogP contribution < -0.4 is 11.3 Å². The van der Waals surface area contributed by atoms with Crippen molar-refractivity contribution in [3.63, 3.8) is 0 Å². The minimum atomic E-state index is -4.12. The molecule has 2 rings (SSSR count). The quantitative estimate of drug-likeness (QED) is 0.494. The number of halogens is 3. The molecule has 0 unspecified atom stereocenters. The Morgan fingerprint density at radius 3 is 2.70 bits per heavy atom. The van der Waals surface area contributed by atoms with Crippen LogP contribution in [0.5, 0.6) is 0 Å². The smallest absolute Gasteiger partial charge is 0.359 e. The Bertz CT molecular complexity index is 466. The van der Waals surface area contributed by atoms with Gasteiger partial charge in [-0.15, -0.1) is 0 Å². The molecule has 1 amide bonds. The van der Waals surface area contributed by atoms with Gasteiger partial charge in [0.1, 0.15) is 0 Å². The maximum absolute atomic E-state index is 12.5. The van der Waals surface area contributed by atoms with E-state index in [1.54, 1.807) is 0 Å². The predicted molar refractivity (Wildman–Crippen MR) is 62.2 cm³/mol. The Hall–Kier alpha value is -1.61. The molecule has 0 radical (unpaired) electrons. The number of hydrogen-bond acceptors (Lipinski definition) is 5. The van der Waals surface area contributed by atoms with E-state index in [1.807, 2.05) is 10.3 Å². The SMILES string of the molecule is NNC(=O)c1cc(CN2CCC(C(F)(F)F)CC2)on1. The second-order valence-electron chi connectivity index (χ2n) is 4.74. The van der Waals surface area contributed by atoms with Crippen molar-refractivity contribution in [1.82, 2.24) is 15.5 Å². The summed E-state index contributed by atoms with van der Waals surface area (Å²) in [5, 5.41) is 3.53.